The molecule has 0 aromatic heterocycles. The maximum Gasteiger partial charge on any atom is 0.165 e. The van der Waals surface area contributed by atoms with E-state index in [-0.39, 0.29) is 17.0 Å². The Labute approximate surface area is 87.1 Å². The molecule has 0 fully saturated rings. The molecule has 0 spiro atoms. The van der Waals surface area contributed by atoms with Crippen LogP contribution in [0.4, 0.5) is 13.2 Å². The van der Waals surface area contributed by atoms with Gasteiger partial charge < -0.3 is 0 Å². The SMILES string of the molecule is Cc1cc2c(c(F)c1F)C(C)(F)C(C)C2. The second kappa shape index (κ2) is 3.00. The van der Waals surface area contributed by atoms with Crippen LogP contribution >= 0.6 is 0 Å². The topological polar surface area (TPSA) is 0 Å². The zero-order valence-electron chi connectivity index (χ0n) is 9.00. The molecule has 0 radical (unpaired) electrons. The minimum absolute atomic E-state index is 0.0851. The van der Waals surface area contributed by atoms with E-state index in [9.17, 15) is 13.2 Å². The number of hydrogen-bond donors (Lipinski definition) is 0. The molecule has 2 rings (SSSR count). The van der Waals surface area contributed by atoms with Gasteiger partial charge in [0.25, 0.3) is 0 Å². The second-order valence-corrected chi connectivity index (χ2v) is 4.54. The van der Waals surface area contributed by atoms with Crippen LogP contribution in [0.3, 0.4) is 0 Å². The molecular formula is C12H13F3. The Hall–Kier alpha value is -0.990. The van der Waals surface area contributed by atoms with E-state index in [4.69, 9.17) is 0 Å². The molecule has 82 valence electrons. The predicted molar refractivity (Wildman–Crippen MR) is 52.4 cm³/mol. The number of halogens is 3. The molecule has 1 aliphatic rings. The maximum absolute atomic E-state index is 14.2. The molecule has 0 saturated carbocycles. The van der Waals surface area contributed by atoms with Crippen LogP contribution < -0.4 is 0 Å². The van der Waals surface area contributed by atoms with Crippen molar-refractivity contribution < 1.29 is 13.2 Å². The van der Waals surface area contributed by atoms with Crippen molar-refractivity contribution in [1.29, 1.82) is 0 Å². The Balaban J connectivity index is 2.72. The van der Waals surface area contributed by atoms with Gasteiger partial charge in [0.1, 0.15) is 5.67 Å². The van der Waals surface area contributed by atoms with E-state index in [0.717, 1.165) is 0 Å². The van der Waals surface area contributed by atoms with E-state index < -0.39 is 17.3 Å². The van der Waals surface area contributed by atoms with Crippen molar-refractivity contribution in [3.05, 3.63) is 34.4 Å². The summed E-state index contributed by atoms with van der Waals surface area (Å²) in [7, 11) is 0. The standard InChI is InChI=1S/C12H13F3/c1-6-4-8-5-7(2)12(3,15)9(8)11(14)10(6)13/h4,7H,5H2,1-3H3. The van der Waals surface area contributed by atoms with Gasteiger partial charge in [0.2, 0.25) is 0 Å². The summed E-state index contributed by atoms with van der Waals surface area (Å²) >= 11 is 0. The van der Waals surface area contributed by atoms with Gasteiger partial charge in [-0.2, -0.15) is 0 Å². The van der Waals surface area contributed by atoms with Crippen LogP contribution in [0.2, 0.25) is 0 Å². The normalized spacial score (nSPS) is 29.3. The highest BCUT2D eigenvalue weighted by molar-refractivity contribution is 5.42. The van der Waals surface area contributed by atoms with Crippen molar-refractivity contribution in [2.75, 3.05) is 0 Å². The molecule has 0 saturated heterocycles. The first-order chi connectivity index (χ1) is 6.85. The first-order valence-corrected chi connectivity index (χ1v) is 5.02. The van der Waals surface area contributed by atoms with Gasteiger partial charge in [0.05, 0.1) is 0 Å². The number of aryl methyl sites for hydroxylation is 1. The van der Waals surface area contributed by atoms with Crippen LogP contribution in [-0.4, -0.2) is 0 Å². The summed E-state index contributed by atoms with van der Waals surface area (Å²) in [5.74, 6) is -2.24. The summed E-state index contributed by atoms with van der Waals surface area (Å²) in [5, 5.41) is 0. The average molecular weight is 214 g/mol. The Bertz CT molecular complexity index is 421. The number of benzene rings is 1. The van der Waals surface area contributed by atoms with Crippen LogP contribution in [0.15, 0.2) is 6.07 Å². The smallest absolute Gasteiger partial charge is 0.165 e. The summed E-state index contributed by atoms with van der Waals surface area (Å²) in [6, 6.07) is 1.55. The fraction of sp³-hybridized carbons (Fsp3) is 0.500. The molecule has 2 unspecified atom stereocenters. The fourth-order valence-corrected chi connectivity index (χ4v) is 2.28. The molecule has 1 aromatic carbocycles. The van der Waals surface area contributed by atoms with Crippen LogP contribution in [-0.2, 0) is 12.1 Å². The maximum atomic E-state index is 14.2. The minimum Gasteiger partial charge on any atom is -0.239 e. The van der Waals surface area contributed by atoms with E-state index in [1.54, 1.807) is 13.0 Å². The number of hydrogen-bond acceptors (Lipinski definition) is 0. The van der Waals surface area contributed by atoms with Crippen molar-refractivity contribution >= 4 is 0 Å². The summed E-state index contributed by atoms with van der Waals surface area (Å²) in [4.78, 5) is 0. The van der Waals surface area contributed by atoms with E-state index in [1.165, 1.54) is 13.8 Å². The largest absolute Gasteiger partial charge is 0.239 e. The molecule has 0 bridgehead atoms. The van der Waals surface area contributed by atoms with E-state index in [2.05, 4.69) is 0 Å². The highest BCUT2D eigenvalue weighted by Crippen LogP contribution is 2.46. The summed E-state index contributed by atoms with van der Waals surface area (Å²) in [6.07, 6.45) is 0.473. The van der Waals surface area contributed by atoms with E-state index >= 15 is 0 Å². The molecule has 0 heterocycles. The quantitative estimate of drug-likeness (QED) is 0.618. The number of rotatable bonds is 0. The predicted octanol–water partition coefficient (Wildman–Crippen LogP) is 3.65. The first-order valence-electron chi connectivity index (χ1n) is 5.02. The number of alkyl halides is 1. The Morgan fingerprint density at radius 3 is 2.53 bits per heavy atom. The Morgan fingerprint density at radius 2 is 1.93 bits per heavy atom. The second-order valence-electron chi connectivity index (χ2n) is 4.54. The van der Waals surface area contributed by atoms with Crippen LogP contribution in [0.25, 0.3) is 0 Å². The lowest BCUT2D eigenvalue weighted by Crippen LogP contribution is -2.21. The van der Waals surface area contributed by atoms with E-state index in [0.29, 0.717) is 12.0 Å². The van der Waals surface area contributed by atoms with Crippen LogP contribution in [0, 0.1) is 24.5 Å². The average Bonchev–Trinajstić information content (AvgIpc) is 2.34. The third-order valence-electron chi connectivity index (χ3n) is 3.41. The van der Waals surface area contributed by atoms with Gasteiger partial charge >= 0.3 is 0 Å². The summed E-state index contributed by atoms with van der Waals surface area (Å²) in [5.41, 5.74) is -0.994. The number of fused-ring (bicyclic) bond motifs is 1. The Morgan fingerprint density at radius 1 is 1.33 bits per heavy atom. The van der Waals surface area contributed by atoms with Gasteiger partial charge in [-0.05, 0) is 37.3 Å². The molecule has 0 N–H and O–H groups in total. The van der Waals surface area contributed by atoms with Gasteiger partial charge in [-0.25, -0.2) is 13.2 Å². The van der Waals surface area contributed by atoms with Crippen molar-refractivity contribution in [3.8, 4) is 0 Å². The third-order valence-corrected chi connectivity index (χ3v) is 3.41. The highest BCUT2D eigenvalue weighted by atomic mass is 19.2. The van der Waals surface area contributed by atoms with Gasteiger partial charge in [0, 0.05) is 5.56 Å². The zero-order valence-corrected chi connectivity index (χ0v) is 9.00. The molecule has 2 atom stereocenters. The summed E-state index contributed by atoms with van der Waals surface area (Å²) in [6.45, 7) is 4.53. The van der Waals surface area contributed by atoms with Gasteiger partial charge in [-0.1, -0.05) is 13.0 Å². The monoisotopic (exact) mass is 214 g/mol. The van der Waals surface area contributed by atoms with Gasteiger partial charge in [0.15, 0.2) is 11.6 Å². The zero-order chi connectivity index (χ0) is 11.4. The minimum atomic E-state index is -1.76. The van der Waals surface area contributed by atoms with Crippen molar-refractivity contribution in [1.82, 2.24) is 0 Å². The molecular weight excluding hydrogens is 201 g/mol. The molecule has 1 aliphatic carbocycles. The van der Waals surface area contributed by atoms with Gasteiger partial charge in [-0.3, -0.25) is 0 Å². The molecule has 0 amide bonds. The third kappa shape index (κ3) is 1.29. The van der Waals surface area contributed by atoms with Crippen molar-refractivity contribution in [2.24, 2.45) is 5.92 Å². The molecule has 0 aliphatic heterocycles. The highest BCUT2D eigenvalue weighted by Gasteiger charge is 2.44. The Kier molecular flexibility index (Phi) is 2.11. The molecule has 1 aromatic rings. The lowest BCUT2D eigenvalue weighted by molar-refractivity contribution is 0.125. The summed E-state index contributed by atoms with van der Waals surface area (Å²) < 4.78 is 41.1. The van der Waals surface area contributed by atoms with Gasteiger partial charge in [-0.15, -0.1) is 0 Å². The van der Waals surface area contributed by atoms with Crippen LogP contribution in [0.1, 0.15) is 30.5 Å². The molecule has 15 heavy (non-hydrogen) atoms. The lowest BCUT2D eigenvalue weighted by atomic mass is 9.92. The molecule has 0 nitrogen and oxygen atoms in total. The van der Waals surface area contributed by atoms with Crippen molar-refractivity contribution in [2.45, 2.75) is 32.9 Å². The fourth-order valence-electron chi connectivity index (χ4n) is 2.28. The van der Waals surface area contributed by atoms with Crippen molar-refractivity contribution in [3.63, 3.8) is 0 Å². The van der Waals surface area contributed by atoms with E-state index in [1.807, 2.05) is 0 Å². The lowest BCUT2D eigenvalue weighted by Gasteiger charge is -2.20. The van der Waals surface area contributed by atoms with Crippen LogP contribution in [0.5, 0.6) is 0 Å². The molecule has 3 heteroatoms. The first kappa shape index (κ1) is 10.5.